The van der Waals surface area contributed by atoms with Crippen LogP contribution in [0.25, 0.3) is 0 Å². The molecule has 0 aromatic heterocycles. The second kappa shape index (κ2) is 7.77. The molecule has 0 spiro atoms. The summed E-state index contributed by atoms with van der Waals surface area (Å²) < 4.78 is 0. The average molecular weight is 310 g/mol. The van der Waals surface area contributed by atoms with E-state index in [0.29, 0.717) is 11.3 Å². The van der Waals surface area contributed by atoms with Gasteiger partial charge in [0.05, 0.1) is 0 Å². The van der Waals surface area contributed by atoms with Gasteiger partial charge in [0.2, 0.25) is 0 Å². The van der Waals surface area contributed by atoms with Crippen molar-refractivity contribution in [2.75, 3.05) is 18.1 Å². The Hall–Kier alpha value is -0.120. The molecule has 0 bridgehead atoms. The molecule has 1 aliphatic rings. The largest absolute Gasteiger partial charge is 0.309 e. The first-order valence-corrected chi connectivity index (χ1v) is 9.77. The van der Waals surface area contributed by atoms with Crippen LogP contribution in [0.15, 0.2) is 18.2 Å². The van der Waals surface area contributed by atoms with E-state index >= 15 is 0 Å². The molecule has 1 heterocycles. The van der Waals surface area contributed by atoms with Gasteiger partial charge in [-0.1, -0.05) is 32.0 Å². The lowest BCUT2D eigenvalue weighted by Crippen LogP contribution is -2.38. The molecule has 1 N–H and O–H groups in total. The van der Waals surface area contributed by atoms with Crippen molar-refractivity contribution in [3.05, 3.63) is 34.9 Å². The van der Waals surface area contributed by atoms with E-state index in [1.807, 2.05) is 0 Å². The Balaban J connectivity index is 2.23. The Morgan fingerprint density at radius 3 is 2.60 bits per heavy atom. The van der Waals surface area contributed by atoms with Crippen LogP contribution in [0.5, 0.6) is 0 Å². The Kier molecular flexibility index (Phi) is 6.31. The van der Waals surface area contributed by atoms with E-state index in [9.17, 15) is 0 Å². The number of hydrogen-bond donors (Lipinski definition) is 1. The maximum Gasteiger partial charge on any atom is 0.0451 e. The van der Waals surface area contributed by atoms with Crippen molar-refractivity contribution in [3.63, 3.8) is 0 Å². The van der Waals surface area contributed by atoms with Gasteiger partial charge in [-0.05, 0) is 43.5 Å². The summed E-state index contributed by atoms with van der Waals surface area (Å²) in [5.74, 6) is 2.59. The van der Waals surface area contributed by atoms with Crippen LogP contribution in [0.1, 0.15) is 43.0 Å². The van der Waals surface area contributed by atoms with Crippen LogP contribution in [0.2, 0.25) is 0 Å². The quantitative estimate of drug-likeness (QED) is 0.855. The Labute approximate surface area is 132 Å². The number of aryl methyl sites for hydroxylation is 2. The molecule has 112 valence electrons. The van der Waals surface area contributed by atoms with Crippen molar-refractivity contribution in [2.45, 2.75) is 50.7 Å². The molecule has 0 aliphatic carbocycles. The third kappa shape index (κ3) is 3.96. The summed E-state index contributed by atoms with van der Waals surface area (Å²) in [6, 6.07) is 7.47. The van der Waals surface area contributed by atoms with Gasteiger partial charge in [0.15, 0.2) is 0 Å². The van der Waals surface area contributed by atoms with Crippen LogP contribution in [-0.4, -0.2) is 28.6 Å². The van der Waals surface area contributed by atoms with Crippen LogP contribution in [0.4, 0.5) is 0 Å². The van der Waals surface area contributed by atoms with E-state index in [4.69, 9.17) is 0 Å². The minimum atomic E-state index is 0.488. The molecular weight excluding hydrogens is 282 g/mol. The number of rotatable bonds is 5. The van der Waals surface area contributed by atoms with Crippen molar-refractivity contribution < 1.29 is 0 Å². The molecular formula is C17H27NS2. The third-order valence-electron chi connectivity index (χ3n) is 4.07. The maximum absolute atomic E-state index is 3.80. The van der Waals surface area contributed by atoms with Crippen LogP contribution in [0.3, 0.4) is 0 Å². The van der Waals surface area contributed by atoms with Crippen molar-refractivity contribution in [2.24, 2.45) is 0 Å². The highest BCUT2D eigenvalue weighted by Crippen LogP contribution is 2.39. The van der Waals surface area contributed by atoms with Crippen molar-refractivity contribution in [3.8, 4) is 0 Å². The molecule has 0 saturated carbocycles. The SMILES string of the molecule is CCCNC(c1ccc(C)c(C)c1)C1SCCSC1C. The van der Waals surface area contributed by atoms with Crippen molar-refractivity contribution in [1.82, 2.24) is 5.32 Å². The lowest BCUT2D eigenvalue weighted by atomic mass is 9.97. The number of thioether (sulfide) groups is 2. The fraction of sp³-hybridized carbons (Fsp3) is 0.647. The molecule has 1 fully saturated rings. The van der Waals surface area contributed by atoms with E-state index in [2.05, 4.69) is 74.7 Å². The highest BCUT2D eigenvalue weighted by molar-refractivity contribution is 8.07. The predicted molar refractivity (Wildman–Crippen MR) is 95.1 cm³/mol. The molecule has 3 atom stereocenters. The van der Waals surface area contributed by atoms with E-state index in [0.717, 1.165) is 11.8 Å². The Morgan fingerprint density at radius 2 is 1.95 bits per heavy atom. The topological polar surface area (TPSA) is 12.0 Å². The first kappa shape index (κ1) is 16.3. The van der Waals surface area contributed by atoms with Gasteiger partial charge in [-0.15, -0.1) is 0 Å². The third-order valence-corrected chi connectivity index (χ3v) is 7.26. The normalized spacial score (nSPS) is 24.6. The molecule has 1 nitrogen and oxygen atoms in total. The summed E-state index contributed by atoms with van der Waals surface area (Å²) in [4.78, 5) is 0. The van der Waals surface area contributed by atoms with Gasteiger partial charge in [0.25, 0.3) is 0 Å². The summed E-state index contributed by atoms with van der Waals surface area (Å²) in [6.07, 6.45) is 1.19. The lowest BCUT2D eigenvalue weighted by molar-refractivity contribution is 0.508. The van der Waals surface area contributed by atoms with Gasteiger partial charge < -0.3 is 5.32 Å². The first-order valence-electron chi connectivity index (χ1n) is 7.67. The highest BCUT2D eigenvalue weighted by atomic mass is 32.2. The molecule has 2 rings (SSSR count). The Bertz CT molecular complexity index is 433. The Morgan fingerprint density at radius 1 is 1.20 bits per heavy atom. The van der Waals surface area contributed by atoms with Gasteiger partial charge in [-0.2, -0.15) is 23.5 Å². The minimum absolute atomic E-state index is 0.488. The predicted octanol–water partition coefficient (Wildman–Crippen LogP) is 4.58. The summed E-state index contributed by atoms with van der Waals surface area (Å²) in [5.41, 5.74) is 4.27. The summed E-state index contributed by atoms with van der Waals surface area (Å²) in [7, 11) is 0. The second-order valence-electron chi connectivity index (χ2n) is 5.69. The second-order valence-corrected chi connectivity index (χ2v) is 8.46. The minimum Gasteiger partial charge on any atom is -0.309 e. The molecule has 3 unspecified atom stereocenters. The zero-order chi connectivity index (χ0) is 14.5. The molecule has 1 aromatic carbocycles. The maximum atomic E-state index is 3.80. The van der Waals surface area contributed by atoms with Crippen LogP contribution >= 0.6 is 23.5 Å². The number of nitrogens with one attached hydrogen (secondary N) is 1. The highest BCUT2D eigenvalue weighted by Gasteiger charge is 2.31. The van der Waals surface area contributed by atoms with Crippen molar-refractivity contribution in [1.29, 1.82) is 0 Å². The smallest absolute Gasteiger partial charge is 0.0451 e. The summed E-state index contributed by atoms with van der Waals surface area (Å²) >= 11 is 4.28. The van der Waals surface area contributed by atoms with Crippen LogP contribution in [-0.2, 0) is 0 Å². The van der Waals surface area contributed by atoms with Crippen molar-refractivity contribution >= 4 is 23.5 Å². The average Bonchev–Trinajstić information content (AvgIpc) is 2.44. The molecule has 20 heavy (non-hydrogen) atoms. The summed E-state index contributed by atoms with van der Waals surface area (Å²) in [5, 5.41) is 5.21. The molecule has 0 radical (unpaired) electrons. The van der Waals surface area contributed by atoms with Gasteiger partial charge in [0.1, 0.15) is 0 Å². The van der Waals surface area contributed by atoms with Gasteiger partial charge >= 0.3 is 0 Å². The van der Waals surface area contributed by atoms with E-state index in [1.54, 1.807) is 0 Å². The zero-order valence-corrected chi connectivity index (χ0v) is 14.7. The fourth-order valence-electron chi connectivity index (χ4n) is 2.70. The monoisotopic (exact) mass is 309 g/mol. The molecule has 1 saturated heterocycles. The van der Waals surface area contributed by atoms with Gasteiger partial charge in [0, 0.05) is 28.0 Å². The fourth-order valence-corrected chi connectivity index (χ4v) is 5.65. The van der Waals surface area contributed by atoms with Crippen LogP contribution < -0.4 is 5.32 Å². The lowest BCUT2D eigenvalue weighted by Gasteiger charge is -2.35. The molecule has 1 aliphatic heterocycles. The molecule has 1 aromatic rings. The van der Waals surface area contributed by atoms with Gasteiger partial charge in [-0.25, -0.2) is 0 Å². The number of hydrogen-bond acceptors (Lipinski definition) is 3. The standard InChI is InChI=1S/C17H27NS2/c1-5-8-18-16(17-14(4)19-9-10-20-17)15-7-6-12(2)13(3)11-15/h6-7,11,14,16-18H,5,8-10H2,1-4H3. The van der Waals surface area contributed by atoms with E-state index in [-0.39, 0.29) is 0 Å². The first-order chi connectivity index (χ1) is 9.63. The van der Waals surface area contributed by atoms with Gasteiger partial charge in [-0.3, -0.25) is 0 Å². The van der Waals surface area contributed by atoms with E-state index < -0.39 is 0 Å². The summed E-state index contributed by atoms with van der Waals surface area (Å²) in [6.45, 7) is 10.2. The van der Waals surface area contributed by atoms with E-state index in [1.165, 1.54) is 34.6 Å². The van der Waals surface area contributed by atoms with Crippen LogP contribution in [0, 0.1) is 13.8 Å². The number of benzene rings is 1. The zero-order valence-electron chi connectivity index (χ0n) is 13.1. The molecule has 3 heteroatoms. The molecule has 0 amide bonds.